The van der Waals surface area contributed by atoms with Crippen LogP contribution in [-0.4, -0.2) is 18.8 Å². The van der Waals surface area contributed by atoms with E-state index in [0.717, 1.165) is 22.0 Å². The summed E-state index contributed by atoms with van der Waals surface area (Å²) in [5.74, 6) is 5.61. The van der Waals surface area contributed by atoms with Crippen LogP contribution < -0.4 is 10.6 Å². The molecule has 0 radical (unpaired) electrons. The predicted molar refractivity (Wildman–Crippen MR) is 65.6 cm³/mol. The van der Waals surface area contributed by atoms with E-state index in [0.29, 0.717) is 18.8 Å². The summed E-state index contributed by atoms with van der Waals surface area (Å²) in [6.07, 6.45) is 1.39. The second-order valence-corrected chi connectivity index (χ2v) is 4.15. The monoisotopic (exact) mass is 289 g/mol. The van der Waals surface area contributed by atoms with Crippen LogP contribution in [0.4, 0.5) is 0 Å². The number of rotatable bonds is 5. The van der Waals surface area contributed by atoms with E-state index in [-0.39, 0.29) is 5.75 Å². The third kappa shape index (κ3) is 2.66. The number of aryl methyl sites for hydroxylation is 1. The van der Waals surface area contributed by atoms with Crippen LogP contribution in [0, 0.1) is 0 Å². The highest BCUT2D eigenvalue weighted by Gasteiger charge is 2.15. The van der Waals surface area contributed by atoms with Gasteiger partial charge in [-0.3, -0.25) is 0 Å². The summed E-state index contributed by atoms with van der Waals surface area (Å²) in [4.78, 5) is 4.53. The number of hydrogen-bond donors (Lipinski definition) is 2. The third-order valence-electron chi connectivity index (χ3n) is 2.44. The number of methoxy groups -OCH3 is 1. The summed E-state index contributed by atoms with van der Waals surface area (Å²) < 4.78 is 6.01. The maximum Gasteiger partial charge on any atom is 0.162 e. The molecule has 1 aromatic rings. The van der Waals surface area contributed by atoms with Gasteiger partial charge in [0.15, 0.2) is 11.5 Å². The SMILES string of the molecule is CCc1cc(OC)c(O)c(CCON)c1Br. The lowest BCUT2D eigenvalue weighted by Crippen LogP contribution is -2.05. The van der Waals surface area contributed by atoms with Crippen molar-refractivity contribution in [3.05, 3.63) is 21.7 Å². The van der Waals surface area contributed by atoms with Gasteiger partial charge in [-0.1, -0.05) is 22.9 Å². The van der Waals surface area contributed by atoms with Crippen LogP contribution in [0.5, 0.6) is 11.5 Å². The molecule has 0 atom stereocenters. The Labute approximate surface area is 103 Å². The van der Waals surface area contributed by atoms with E-state index in [2.05, 4.69) is 20.8 Å². The van der Waals surface area contributed by atoms with Gasteiger partial charge in [-0.05, 0) is 18.1 Å². The smallest absolute Gasteiger partial charge is 0.162 e. The zero-order valence-corrected chi connectivity index (χ0v) is 11.0. The van der Waals surface area contributed by atoms with Crippen LogP contribution in [0.1, 0.15) is 18.1 Å². The van der Waals surface area contributed by atoms with E-state index >= 15 is 0 Å². The molecular weight excluding hydrogens is 274 g/mol. The Balaban J connectivity index is 3.20. The fourth-order valence-electron chi connectivity index (χ4n) is 1.54. The Kier molecular flexibility index (Phi) is 5.05. The van der Waals surface area contributed by atoms with Gasteiger partial charge in [0.05, 0.1) is 13.7 Å². The lowest BCUT2D eigenvalue weighted by molar-refractivity contribution is 0.140. The summed E-state index contributed by atoms with van der Waals surface area (Å²) in [7, 11) is 1.53. The fourth-order valence-corrected chi connectivity index (χ4v) is 2.32. The maximum atomic E-state index is 9.96. The van der Waals surface area contributed by atoms with Crippen LogP contribution in [0.3, 0.4) is 0 Å². The quantitative estimate of drug-likeness (QED) is 0.816. The van der Waals surface area contributed by atoms with Crippen LogP contribution in [-0.2, 0) is 17.7 Å². The van der Waals surface area contributed by atoms with Gasteiger partial charge in [-0.15, -0.1) is 0 Å². The van der Waals surface area contributed by atoms with Crippen molar-refractivity contribution >= 4 is 15.9 Å². The molecule has 0 spiro atoms. The molecule has 0 bridgehead atoms. The lowest BCUT2D eigenvalue weighted by atomic mass is 10.0. The van der Waals surface area contributed by atoms with Crippen molar-refractivity contribution in [2.45, 2.75) is 19.8 Å². The number of phenolic OH excluding ortho intramolecular Hbond substituents is 1. The van der Waals surface area contributed by atoms with Crippen molar-refractivity contribution in [1.82, 2.24) is 0 Å². The van der Waals surface area contributed by atoms with E-state index in [1.165, 1.54) is 7.11 Å². The topological polar surface area (TPSA) is 64.7 Å². The zero-order valence-electron chi connectivity index (χ0n) is 9.42. The number of hydrogen-bond acceptors (Lipinski definition) is 4. The first-order valence-corrected chi connectivity index (χ1v) is 5.83. The molecule has 1 rings (SSSR count). The Morgan fingerprint density at radius 2 is 2.19 bits per heavy atom. The van der Waals surface area contributed by atoms with Gasteiger partial charge in [0.2, 0.25) is 0 Å². The lowest BCUT2D eigenvalue weighted by Gasteiger charge is -2.14. The molecule has 90 valence electrons. The minimum absolute atomic E-state index is 0.142. The van der Waals surface area contributed by atoms with Crippen molar-refractivity contribution in [1.29, 1.82) is 0 Å². The molecule has 0 unspecified atom stereocenters. The molecule has 3 N–H and O–H groups in total. The van der Waals surface area contributed by atoms with Gasteiger partial charge in [-0.2, -0.15) is 0 Å². The Hall–Kier alpha value is -0.780. The molecule has 0 aromatic heterocycles. The van der Waals surface area contributed by atoms with Crippen LogP contribution >= 0.6 is 15.9 Å². The minimum atomic E-state index is 0.142. The fraction of sp³-hybridized carbons (Fsp3) is 0.455. The number of halogens is 1. The molecule has 0 aliphatic carbocycles. The molecule has 0 aliphatic rings. The van der Waals surface area contributed by atoms with E-state index in [1.54, 1.807) is 0 Å². The third-order valence-corrected chi connectivity index (χ3v) is 3.43. The molecule has 5 heteroatoms. The summed E-state index contributed by atoms with van der Waals surface area (Å²) in [5.41, 5.74) is 1.85. The van der Waals surface area contributed by atoms with Gasteiger partial charge in [-0.25, -0.2) is 5.90 Å². The highest BCUT2D eigenvalue weighted by molar-refractivity contribution is 9.10. The highest BCUT2D eigenvalue weighted by Crippen LogP contribution is 2.38. The van der Waals surface area contributed by atoms with Gasteiger partial charge < -0.3 is 14.7 Å². The average molecular weight is 290 g/mol. The molecule has 0 amide bonds. The molecule has 4 nitrogen and oxygen atoms in total. The van der Waals surface area contributed by atoms with E-state index in [4.69, 9.17) is 10.6 Å². The van der Waals surface area contributed by atoms with Crippen molar-refractivity contribution in [3.8, 4) is 11.5 Å². The second-order valence-electron chi connectivity index (χ2n) is 3.35. The largest absolute Gasteiger partial charge is 0.504 e. The van der Waals surface area contributed by atoms with Crippen molar-refractivity contribution in [3.63, 3.8) is 0 Å². The molecular formula is C11H16BrNO3. The summed E-state index contributed by atoms with van der Waals surface area (Å²) in [6.45, 7) is 2.39. The Morgan fingerprint density at radius 3 is 2.69 bits per heavy atom. The van der Waals surface area contributed by atoms with E-state index < -0.39 is 0 Å². The van der Waals surface area contributed by atoms with Gasteiger partial charge in [0.25, 0.3) is 0 Å². The van der Waals surface area contributed by atoms with Gasteiger partial charge >= 0.3 is 0 Å². The summed E-state index contributed by atoms with van der Waals surface area (Å²) in [5, 5.41) is 9.96. The average Bonchev–Trinajstić information content (AvgIpc) is 2.29. The first-order valence-electron chi connectivity index (χ1n) is 5.04. The van der Waals surface area contributed by atoms with Crippen molar-refractivity contribution in [2.24, 2.45) is 5.90 Å². The molecule has 16 heavy (non-hydrogen) atoms. The molecule has 0 saturated heterocycles. The molecule has 0 heterocycles. The first kappa shape index (κ1) is 13.3. The molecule has 0 saturated carbocycles. The van der Waals surface area contributed by atoms with E-state index in [9.17, 15) is 5.11 Å². The van der Waals surface area contributed by atoms with Gasteiger partial charge in [0, 0.05) is 16.5 Å². The second kappa shape index (κ2) is 6.08. The summed E-state index contributed by atoms with van der Waals surface area (Å²) in [6, 6.07) is 1.83. The highest BCUT2D eigenvalue weighted by atomic mass is 79.9. The predicted octanol–water partition coefficient (Wildman–Crippen LogP) is 2.16. The van der Waals surface area contributed by atoms with Gasteiger partial charge in [0.1, 0.15) is 0 Å². The first-order chi connectivity index (χ1) is 7.65. The van der Waals surface area contributed by atoms with Crippen LogP contribution in [0.25, 0.3) is 0 Å². The van der Waals surface area contributed by atoms with Crippen LogP contribution in [0.2, 0.25) is 0 Å². The maximum absolute atomic E-state index is 9.96. The Bertz CT molecular complexity index is 340. The normalized spacial score (nSPS) is 10.5. The zero-order chi connectivity index (χ0) is 12.1. The van der Waals surface area contributed by atoms with Crippen LogP contribution in [0.15, 0.2) is 10.5 Å². The molecule has 0 aliphatic heterocycles. The number of aromatic hydroxyl groups is 1. The molecule has 0 fully saturated rings. The molecule has 1 aromatic carbocycles. The number of nitrogens with two attached hydrogens (primary N) is 1. The van der Waals surface area contributed by atoms with Crippen molar-refractivity contribution < 1.29 is 14.7 Å². The number of ether oxygens (including phenoxy) is 1. The standard InChI is InChI=1S/C11H16BrNO3/c1-3-7-6-9(15-2)11(14)8(10(7)12)4-5-16-13/h6,14H,3-5,13H2,1-2H3. The number of phenols is 1. The Morgan fingerprint density at radius 1 is 1.50 bits per heavy atom. The van der Waals surface area contributed by atoms with E-state index in [1.807, 2.05) is 13.0 Å². The van der Waals surface area contributed by atoms with Crippen molar-refractivity contribution in [2.75, 3.05) is 13.7 Å². The summed E-state index contributed by atoms with van der Waals surface area (Å²) >= 11 is 3.47. The number of benzene rings is 1. The minimum Gasteiger partial charge on any atom is -0.504 e.